The van der Waals surface area contributed by atoms with Crippen molar-refractivity contribution >= 4 is 20.3 Å². The lowest BCUT2D eigenvalue weighted by Gasteiger charge is -2.13. The molecule has 1 aromatic rings. The van der Waals surface area contributed by atoms with E-state index in [2.05, 4.69) is 36.3 Å². The maximum absolute atomic E-state index is 6.15. The van der Waals surface area contributed by atoms with Crippen molar-refractivity contribution in [2.45, 2.75) is 18.3 Å². The summed E-state index contributed by atoms with van der Waals surface area (Å²) >= 11 is 6.15. The normalized spacial score (nSPS) is 29.7. The Balaban J connectivity index is 2.20. The van der Waals surface area contributed by atoms with Gasteiger partial charge in [-0.1, -0.05) is 38.6 Å². The molecule has 3 heteroatoms. The quantitative estimate of drug-likeness (QED) is 0.430. The zero-order valence-corrected chi connectivity index (χ0v) is 9.31. The third kappa shape index (κ3) is 2.04. The molecule has 0 radical (unpaired) electrons. The summed E-state index contributed by atoms with van der Waals surface area (Å²) in [6.07, 6.45) is 1.18. The Hall–Kier alpha value is -0.100. The van der Waals surface area contributed by atoms with Crippen molar-refractivity contribution in [3.05, 3.63) is 35.4 Å². The molecule has 1 aliphatic rings. The van der Waals surface area contributed by atoms with E-state index in [0.717, 1.165) is 8.73 Å². The molecule has 1 saturated heterocycles. The minimum Gasteiger partial charge on any atom is -0.281 e. The second-order valence-corrected chi connectivity index (χ2v) is 4.96. The summed E-state index contributed by atoms with van der Waals surface area (Å²) in [6.45, 7) is 2.11. The predicted molar refractivity (Wildman–Crippen MR) is 59.9 cm³/mol. The van der Waals surface area contributed by atoms with Crippen LogP contribution in [-0.4, -0.2) is 11.7 Å². The molecule has 0 saturated carbocycles. The Bertz CT molecular complexity index is 285. The molecule has 1 nitrogen and oxygen atoms in total. The fourth-order valence-corrected chi connectivity index (χ4v) is 3.39. The van der Waals surface area contributed by atoms with Crippen molar-refractivity contribution in [1.82, 2.24) is 5.09 Å². The van der Waals surface area contributed by atoms with Gasteiger partial charge in [0.2, 0.25) is 0 Å². The van der Waals surface area contributed by atoms with Gasteiger partial charge in [-0.05, 0) is 18.6 Å². The Kier molecular flexibility index (Phi) is 2.88. The molecule has 1 aromatic carbocycles. The first-order valence-corrected chi connectivity index (χ1v) is 6.11. The van der Waals surface area contributed by atoms with Crippen molar-refractivity contribution in [2.75, 3.05) is 6.16 Å². The van der Waals surface area contributed by atoms with Crippen molar-refractivity contribution in [2.24, 2.45) is 0 Å². The van der Waals surface area contributed by atoms with Gasteiger partial charge in [-0.3, -0.25) is 5.09 Å². The van der Waals surface area contributed by atoms with E-state index in [0.29, 0.717) is 5.92 Å². The molecule has 3 atom stereocenters. The van der Waals surface area contributed by atoms with E-state index >= 15 is 0 Å². The molecule has 1 heterocycles. The number of benzene rings is 1. The van der Waals surface area contributed by atoms with Gasteiger partial charge in [-0.15, -0.1) is 11.6 Å². The van der Waals surface area contributed by atoms with Crippen LogP contribution in [0.25, 0.3) is 0 Å². The largest absolute Gasteiger partial charge is 0.281 e. The Morgan fingerprint density at radius 2 is 2.08 bits per heavy atom. The SMILES string of the molecule is Cc1ccc(C2CPN[C@@H]2Cl)cc1. The van der Waals surface area contributed by atoms with Crippen molar-refractivity contribution in [3.8, 4) is 0 Å². The number of nitrogens with one attached hydrogen (secondary N) is 1. The standard InChI is InChI=1S/C10H13ClNP/c1-7-2-4-8(5-3-7)9-6-13-12-10(9)11/h2-5,9-10,12-13H,6H2,1H3/t9?,10-/m0/s1. The number of hydrogen-bond donors (Lipinski definition) is 1. The number of rotatable bonds is 1. The summed E-state index contributed by atoms with van der Waals surface area (Å²) in [6, 6.07) is 8.68. The molecule has 0 amide bonds. The molecule has 1 fully saturated rings. The van der Waals surface area contributed by atoms with Gasteiger partial charge in [0, 0.05) is 5.92 Å². The van der Waals surface area contributed by atoms with Crippen molar-refractivity contribution in [1.29, 1.82) is 0 Å². The summed E-state index contributed by atoms with van der Waals surface area (Å²) in [5, 5.41) is 3.28. The van der Waals surface area contributed by atoms with Crippen LogP contribution >= 0.6 is 20.3 Å². The molecule has 0 spiro atoms. The summed E-state index contributed by atoms with van der Waals surface area (Å²) in [5.74, 6) is 0.501. The molecule has 1 N–H and O–H groups in total. The van der Waals surface area contributed by atoms with Crippen molar-refractivity contribution in [3.63, 3.8) is 0 Å². The lowest BCUT2D eigenvalue weighted by molar-refractivity contribution is 0.731. The monoisotopic (exact) mass is 213 g/mol. The Morgan fingerprint density at radius 3 is 2.62 bits per heavy atom. The van der Waals surface area contributed by atoms with E-state index in [9.17, 15) is 0 Å². The average Bonchev–Trinajstić information content (AvgIpc) is 2.53. The Labute approximate surface area is 85.7 Å². The third-order valence-corrected chi connectivity index (χ3v) is 4.18. The maximum Gasteiger partial charge on any atom is 0.0928 e. The van der Waals surface area contributed by atoms with Crippen LogP contribution in [-0.2, 0) is 0 Å². The fraction of sp³-hybridized carbons (Fsp3) is 0.400. The number of halogens is 1. The molecule has 1 aliphatic heterocycles. The van der Waals surface area contributed by atoms with Gasteiger partial charge in [-0.2, -0.15) is 0 Å². The van der Waals surface area contributed by atoms with Gasteiger partial charge in [0.1, 0.15) is 0 Å². The van der Waals surface area contributed by atoms with Gasteiger partial charge >= 0.3 is 0 Å². The second kappa shape index (κ2) is 3.96. The topological polar surface area (TPSA) is 12.0 Å². The van der Waals surface area contributed by atoms with Gasteiger partial charge in [0.25, 0.3) is 0 Å². The highest BCUT2D eigenvalue weighted by Gasteiger charge is 2.25. The van der Waals surface area contributed by atoms with Crippen molar-refractivity contribution < 1.29 is 0 Å². The smallest absolute Gasteiger partial charge is 0.0928 e. The van der Waals surface area contributed by atoms with Crippen LogP contribution in [0, 0.1) is 6.92 Å². The fourth-order valence-electron chi connectivity index (χ4n) is 1.57. The summed E-state index contributed by atoms with van der Waals surface area (Å²) in [7, 11) is 0.810. The molecule has 13 heavy (non-hydrogen) atoms. The lowest BCUT2D eigenvalue weighted by atomic mass is 10.00. The minimum absolute atomic E-state index is 0.126. The van der Waals surface area contributed by atoms with E-state index in [1.54, 1.807) is 0 Å². The first kappa shape index (κ1) is 9.45. The van der Waals surface area contributed by atoms with E-state index in [1.807, 2.05) is 0 Å². The zero-order valence-electron chi connectivity index (χ0n) is 7.55. The third-order valence-electron chi connectivity index (χ3n) is 2.42. The first-order valence-electron chi connectivity index (χ1n) is 4.46. The first-order chi connectivity index (χ1) is 6.27. The lowest BCUT2D eigenvalue weighted by Crippen LogP contribution is -2.16. The number of hydrogen-bond acceptors (Lipinski definition) is 1. The summed E-state index contributed by atoms with van der Waals surface area (Å²) < 4.78 is 0. The number of aryl methyl sites for hydroxylation is 1. The molecular weight excluding hydrogens is 201 g/mol. The zero-order chi connectivity index (χ0) is 9.26. The van der Waals surface area contributed by atoms with Gasteiger partial charge in [0.05, 0.1) is 5.50 Å². The predicted octanol–water partition coefficient (Wildman–Crippen LogP) is 2.84. The van der Waals surface area contributed by atoms with Gasteiger partial charge < -0.3 is 0 Å². The molecule has 70 valence electrons. The highest BCUT2D eigenvalue weighted by Crippen LogP contribution is 2.35. The van der Waals surface area contributed by atoms with E-state index in [4.69, 9.17) is 11.6 Å². The van der Waals surface area contributed by atoms with Crippen LogP contribution in [0.15, 0.2) is 24.3 Å². The van der Waals surface area contributed by atoms with Crippen LogP contribution in [0.2, 0.25) is 0 Å². The molecule has 0 aliphatic carbocycles. The second-order valence-electron chi connectivity index (χ2n) is 3.44. The minimum atomic E-state index is 0.126. The highest BCUT2D eigenvalue weighted by molar-refractivity contribution is 7.36. The molecule has 0 bridgehead atoms. The summed E-state index contributed by atoms with van der Waals surface area (Å²) in [4.78, 5) is 0. The van der Waals surface area contributed by atoms with Crippen LogP contribution in [0.5, 0.6) is 0 Å². The van der Waals surface area contributed by atoms with E-state index < -0.39 is 0 Å². The van der Waals surface area contributed by atoms with Gasteiger partial charge in [0.15, 0.2) is 0 Å². The molecule has 2 unspecified atom stereocenters. The molecule has 0 aromatic heterocycles. The Morgan fingerprint density at radius 1 is 1.38 bits per heavy atom. The maximum atomic E-state index is 6.15. The molecular formula is C10H13ClNP. The van der Waals surface area contributed by atoms with Crippen LogP contribution < -0.4 is 5.09 Å². The number of alkyl halides is 1. The van der Waals surface area contributed by atoms with E-state index in [-0.39, 0.29) is 5.50 Å². The average molecular weight is 214 g/mol. The van der Waals surface area contributed by atoms with Crippen LogP contribution in [0.4, 0.5) is 0 Å². The highest BCUT2D eigenvalue weighted by atomic mass is 35.5. The van der Waals surface area contributed by atoms with E-state index in [1.165, 1.54) is 17.3 Å². The van der Waals surface area contributed by atoms with Crippen LogP contribution in [0.1, 0.15) is 17.0 Å². The summed E-state index contributed by atoms with van der Waals surface area (Å²) in [5.41, 5.74) is 2.80. The van der Waals surface area contributed by atoms with Gasteiger partial charge in [-0.25, -0.2) is 0 Å². The molecule has 2 rings (SSSR count). The van der Waals surface area contributed by atoms with Crippen LogP contribution in [0.3, 0.4) is 0 Å².